The smallest absolute Gasteiger partial charge is 0.221 e. The van der Waals surface area contributed by atoms with Gasteiger partial charge in [0.05, 0.1) is 0 Å². The third kappa shape index (κ3) is 2.51. The lowest BCUT2D eigenvalue weighted by Gasteiger charge is -2.23. The third-order valence-electron chi connectivity index (χ3n) is 3.03. The zero-order valence-electron chi connectivity index (χ0n) is 10.4. The van der Waals surface area contributed by atoms with Gasteiger partial charge in [-0.05, 0) is 6.42 Å². The Morgan fingerprint density at radius 3 is 3.06 bits per heavy atom. The quantitative estimate of drug-likeness (QED) is 0.501. The van der Waals surface area contributed by atoms with Crippen LogP contribution >= 0.6 is 0 Å². The van der Waals surface area contributed by atoms with Crippen LogP contribution in [0.25, 0.3) is 0 Å². The average Bonchev–Trinajstić information content (AvgIpc) is 2.62. The standard InChI is InChI=1S/C11H18N6O/c1-2-8-10(16-12)14-7-15-11(8)17-5-3-9(18)13-4-6-17/h7H,2-6,12H2,1H3,(H,13,18)(H,14,15,16). The highest BCUT2D eigenvalue weighted by molar-refractivity contribution is 5.77. The number of carbonyl (C=O) groups is 1. The fraction of sp³-hybridized carbons (Fsp3) is 0.545. The lowest BCUT2D eigenvalue weighted by molar-refractivity contribution is -0.120. The monoisotopic (exact) mass is 250 g/mol. The molecular weight excluding hydrogens is 232 g/mol. The van der Waals surface area contributed by atoms with Gasteiger partial charge in [-0.15, -0.1) is 0 Å². The highest BCUT2D eigenvalue weighted by Crippen LogP contribution is 2.23. The van der Waals surface area contributed by atoms with Crippen LogP contribution in [0.2, 0.25) is 0 Å². The Morgan fingerprint density at radius 1 is 1.50 bits per heavy atom. The van der Waals surface area contributed by atoms with Crippen molar-refractivity contribution in [2.75, 3.05) is 30.0 Å². The molecule has 98 valence electrons. The molecule has 0 bridgehead atoms. The van der Waals surface area contributed by atoms with Gasteiger partial charge in [-0.3, -0.25) is 4.79 Å². The number of amides is 1. The lowest BCUT2D eigenvalue weighted by atomic mass is 10.2. The number of aromatic nitrogens is 2. The summed E-state index contributed by atoms with van der Waals surface area (Å²) >= 11 is 0. The molecular formula is C11H18N6O. The maximum atomic E-state index is 11.3. The summed E-state index contributed by atoms with van der Waals surface area (Å²) in [5, 5.41) is 2.85. The highest BCUT2D eigenvalue weighted by atomic mass is 16.1. The number of carbonyl (C=O) groups excluding carboxylic acids is 1. The maximum Gasteiger partial charge on any atom is 0.221 e. The second-order valence-electron chi connectivity index (χ2n) is 4.11. The normalized spacial score (nSPS) is 16.1. The molecule has 0 spiro atoms. The van der Waals surface area contributed by atoms with Crippen molar-refractivity contribution in [3.05, 3.63) is 11.9 Å². The molecule has 1 aliphatic heterocycles. The van der Waals surface area contributed by atoms with Gasteiger partial charge < -0.3 is 15.6 Å². The number of nitrogen functional groups attached to an aromatic ring is 1. The van der Waals surface area contributed by atoms with Crippen molar-refractivity contribution >= 4 is 17.5 Å². The van der Waals surface area contributed by atoms with Crippen molar-refractivity contribution in [3.63, 3.8) is 0 Å². The van der Waals surface area contributed by atoms with Gasteiger partial charge in [0.25, 0.3) is 0 Å². The lowest BCUT2D eigenvalue weighted by Crippen LogP contribution is -2.30. The van der Waals surface area contributed by atoms with E-state index in [-0.39, 0.29) is 5.91 Å². The predicted octanol–water partition coefficient (Wildman–Crippen LogP) is -0.349. The van der Waals surface area contributed by atoms with Crippen LogP contribution < -0.4 is 21.5 Å². The summed E-state index contributed by atoms with van der Waals surface area (Å²) in [6.45, 7) is 4.08. The number of hydrazine groups is 1. The van der Waals surface area contributed by atoms with E-state index >= 15 is 0 Å². The molecule has 0 aromatic carbocycles. The largest absolute Gasteiger partial charge is 0.354 e. The van der Waals surface area contributed by atoms with Crippen LogP contribution in [-0.4, -0.2) is 35.5 Å². The van der Waals surface area contributed by atoms with Gasteiger partial charge in [0.1, 0.15) is 18.0 Å². The van der Waals surface area contributed by atoms with E-state index in [4.69, 9.17) is 5.84 Å². The Bertz CT molecular complexity index is 436. The van der Waals surface area contributed by atoms with Crippen LogP contribution in [0.4, 0.5) is 11.6 Å². The molecule has 0 aliphatic carbocycles. The molecule has 1 aromatic heterocycles. The van der Waals surface area contributed by atoms with E-state index in [9.17, 15) is 4.79 Å². The fourth-order valence-electron chi connectivity index (χ4n) is 2.10. The molecule has 4 N–H and O–H groups in total. The van der Waals surface area contributed by atoms with E-state index in [2.05, 4.69) is 25.6 Å². The number of rotatable bonds is 3. The number of nitrogens with two attached hydrogens (primary N) is 1. The molecule has 7 heteroatoms. The molecule has 2 heterocycles. The molecule has 1 amide bonds. The Balaban J connectivity index is 2.29. The molecule has 2 rings (SSSR count). The first-order chi connectivity index (χ1) is 8.76. The van der Waals surface area contributed by atoms with E-state index in [0.29, 0.717) is 25.3 Å². The van der Waals surface area contributed by atoms with E-state index < -0.39 is 0 Å². The van der Waals surface area contributed by atoms with Crippen LogP contribution in [0.15, 0.2) is 6.33 Å². The van der Waals surface area contributed by atoms with E-state index in [1.807, 2.05) is 6.92 Å². The van der Waals surface area contributed by atoms with Gasteiger partial charge >= 0.3 is 0 Å². The van der Waals surface area contributed by atoms with E-state index in [1.54, 1.807) is 0 Å². The summed E-state index contributed by atoms with van der Waals surface area (Å²) < 4.78 is 0. The Morgan fingerprint density at radius 2 is 2.33 bits per heavy atom. The predicted molar refractivity (Wildman–Crippen MR) is 69.1 cm³/mol. The van der Waals surface area contributed by atoms with Crippen LogP contribution in [0, 0.1) is 0 Å². The molecule has 0 radical (unpaired) electrons. The molecule has 0 saturated carbocycles. The van der Waals surface area contributed by atoms with Crippen LogP contribution in [-0.2, 0) is 11.2 Å². The molecule has 18 heavy (non-hydrogen) atoms. The zero-order chi connectivity index (χ0) is 13.0. The summed E-state index contributed by atoms with van der Waals surface area (Å²) in [4.78, 5) is 21.9. The summed E-state index contributed by atoms with van der Waals surface area (Å²) in [5.74, 6) is 7.04. The number of hydrogen-bond donors (Lipinski definition) is 3. The van der Waals surface area contributed by atoms with Gasteiger partial charge in [-0.1, -0.05) is 6.92 Å². The Hall–Kier alpha value is -1.89. The first-order valence-corrected chi connectivity index (χ1v) is 6.08. The SMILES string of the molecule is CCc1c(NN)ncnc1N1CCNC(=O)CC1. The van der Waals surface area contributed by atoms with E-state index in [1.165, 1.54) is 6.33 Å². The molecule has 1 saturated heterocycles. The third-order valence-corrected chi connectivity index (χ3v) is 3.03. The fourth-order valence-corrected chi connectivity index (χ4v) is 2.10. The summed E-state index contributed by atoms with van der Waals surface area (Å²) in [5.41, 5.74) is 3.57. The van der Waals surface area contributed by atoms with Gasteiger partial charge in [-0.25, -0.2) is 15.8 Å². The minimum Gasteiger partial charge on any atom is -0.354 e. The first-order valence-electron chi connectivity index (χ1n) is 6.08. The summed E-state index contributed by atoms with van der Waals surface area (Å²) in [6.07, 6.45) is 2.76. The van der Waals surface area contributed by atoms with Crippen molar-refractivity contribution in [1.29, 1.82) is 0 Å². The molecule has 0 atom stereocenters. The Labute approximate surface area is 106 Å². The first kappa shape index (κ1) is 12.6. The van der Waals surface area contributed by atoms with Crippen molar-refractivity contribution in [1.82, 2.24) is 15.3 Å². The van der Waals surface area contributed by atoms with Crippen molar-refractivity contribution < 1.29 is 4.79 Å². The minimum atomic E-state index is 0.0850. The minimum absolute atomic E-state index is 0.0850. The second kappa shape index (κ2) is 5.63. The van der Waals surface area contributed by atoms with Gasteiger partial charge in [0.15, 0.2) is 0 Å². The second-order valence-corrected chi connectivity index (χ2v) is 4.11. The summed E-state index contributed by atoms with van der Waals surface area (Å²) in [6, 6.07) is 0. The van der Waals surface area contributed by atoms with E-state index in [0.717, 1.165) is 24.3 Å². The number of nitrogens with one attached hydrogen (secondary N) is 2. The van der Waals surface area contributed by atoms with Gasteiger partial charge in [-0.2, -0.15) is 0 Å². The van der Waals surface area contributed by atoms with Crippen molar-refractivity contribution in [2.45, 2.75) is 19.8 Å². The molecule has 1 aromatic rings. The van der Waals surface area contributed by atoms with Crippen molar-refractivity contribution in [2.24, 2.45) is 5.84 Å². The topological polar surface area (TPSA) is 96.2 Å². The van der Waals surface area contributed by atoms with Crippen LogP contribution in [0.3, 0.4) is 0 Å². The average molecular weight is 250 g/mol. The molecule has 0 unspecified atom stereocenters. The van der Waals surface area contributed by atoms with Crippen LogP contribution in [0.5, 0.6) is 0 Å². The molecule has 1 fully saturated rings. The van der Waals surface area contributed by atoms with Gasteiger partial charge in [0, 0.05) is 31.6 Å². The molecule has 1 aliphatic rings. The zero-order valence-corrected chi connectivity index (χ0v) is 10.4. The summed E-state index contributed by atoms with van der Waals surface area (Å²) in [7, 11) is 0. The Kier molecular flexibility index (Phi) is 3.93. The maximum absolute atomic E-state index is 11.3. The van der Waals surface area contributed by atoms with Crippen LogP contribution in [0.1, 0.15) is 18.9 Å². The van der Waals surface area contributed by atoms with Gasteiger partial charge in [0.2, 0.25) is 5.91 Å². The van der Waals surface area contributed by atoms with Crippen molar-refractivity contribution in [3.8, 4) is 0 Å². The number of anilines is 2. The molecule has 7 nitrogen and oxygen atoms in total. The highest BCUT2D eigenvalue weighted by Gasteiger charge is 2.19. The number of nitrogens with zero attached hydrogens (tertiary/aromatic N) is 3. The number of hydrogen-bond acceptors (Lipinski definition) is 6.